The van der Waals surface area contributed by atoms with Gasteiger partial charge in [-0.25, -0.2) is 0 Å². The van der Waals surface area contributed by atoms with Crippen molar-refractivity contribution in [1.29, 1.82) is 0 Å². The van der Waals surface area contributed by atoms with Gasteiger partial charge in [0, 0.05) is 0 Å². The van der Waals surface area contributed by atoms with E-state index in [1.807, 2.05) is 0 Å². The van der Waals surface area contributed by atoms with Crippen LogP contribution < -0.4 is 19.2 Å². The summed E-state index contributed by atoms with van der Waals surface area (Å²) in [5.41, 5.74) is 0. The monoisotopic (exact) mass is 327 g/mol. The second-order valence-electron chi connectivity index (χ2n) is 0.500. The predicted molar refractivity (Wildman–Crippen MR) is 17.3 cm³/mol. The molecule has 0 N–H and O–H groups in total. The van der Waals surface area contributed by atoms with E-state index in [0.29, 0.717) is 0 Å². The first-order chi connectivity index (χ1) is 2.00. The predicted octanol–water partition coefficient (Wildman–Crippen LogP) is -5.90. The van der Waals surface area contributed by atoms with Gasteiger partial charge in [0.25, 0.3) is 0 Å². The van der Waals surface area contributed by atoms with Crippen LogP contribution in [0.4, 0.5) is 0 Å². The van der Waals surface area contributed by atoms with Gasteiger partial charge in [-0.2, -0.15) is 0 Å². The molecule has 0 saturated heterocycles. The molecule has 0 aliphatic rings. The van der Waals surface area contributed by atoms with Crippen molar-refractivity contribution in [1.82, 2.24) is 0 Å². The zero-order valence-electron chi connectivity index (χ0n) is 3.21. The summed E-state index contributed by atoms with van der Waals surface area (Å²) in [6.07, 6.45) is 0. The smallest absolute Gasteiger partial charge is 0.894 e. The fourth-order valence-corrected chi connectivity index (χ4v) is 0. The molecule has 0 aromatic rings. The van der Waals surface area contributed by atoms with Gasteiger partial charge in [-0.1, -0.05) is 0 Å². The maximum atomic E-state index is 8.58. The second-order valence-corrected chi connectivity index (χ2v) is 1.50. The van der Waals surface area contributed by atoms with E-state index in [2.05, 4.69) is 0 Å². The standard InChI is InChI=1S/Al.O4Si.Pb/c;1-5(2,3)4;/q+3;-4;+2. The average molecular weight is 326 g/mol. The van der Waals surface area contributed by atoms with Crippen molar-refractivity contribution in [3.8, 4) is 0 Å². The molecule has 0 aromatic heterocycles. The van der Waals surface area contributed by atoms with Crippen molar-refractivity contribution in [3.63, 3.8) is 0 Å². The Morgan fingerprint density at radius 1 is 0.857 bits per heavy atom. The summed E-state index contributed by atoms with van der Waals surface area (Å²) < 4.78 is 0. The van der Waals surface area contributed by atoms with Gasteiger partial charge in [-0.05, 0) is 0 Å². The molecule has 0 rings (SSSR count). The molecule has 0 saturated carbocycles. The third kappa shape index (κ3) is 99.9. The van der Waals surface area contributed by atoms with Crippen LogP contribution in [0.2, 0.25) is 0 Å². The van der Waals surface area contributed by atoms with Crippen LogP contribution in [0.3, 0.4) is 0 Å². The van der Waals surface area contributed by atoms with Gasteiger partial charge in [-0.15, -0.1) is 0 Å². The van der Waals surface area contributed by atoms with Crippen molar-refractivity contribution in [2.45, 2.75) is 0 Å². The van der Waals surface area contributed by atoms with Gasteiger partial charge >= 0.3 is 44.7 Å². The number of rotatable bonds is 0. The van der Waals surface area contributed by atoms with Crippen molar-refractivity contribution < 1.29 is 19.2 Å². The molecule has 2 radical (unpaired) electrons. The quantitative estimate of drug-likeness (QED) is 0.415. The average Bonchev–Trinajstić information content (AvgIpc) is 0.722. The number of hydrogen-bond donors (Lipinski definition) is 0. The van der Waals surface area contributed by atoms with Crippen LogP contribution in [0.1, 0.15) is 0 Å². The van der Waals surface area contributed by atoms with E-state index in [9.17, 15) is 0 Å². The minimum Gasteiger partial charge on any atom is -0.894 e. The summed E-state index contributed by atoms with van der Waals surface area (Å²) in [4.78, 5) is 34.3. The van der Waals surface area contributed by atoms with E-state index < -0.39 is 9.05 Å². The van der Waals surface area contributed by atoms with Crippen molar-refractivity contribution >= 4 is 53.7 Å². The van der Waals surface area contributed by atoms with E-state index in [-0.39, 0.29) is 44.7 Å². The first kappa shape index (κ1) is 15.8. The van der Waals surface area contributed by atoms with Gasteiger partial charge in [-0.3, -0.25) is 0 Å². The van der Waals surface area contributed by atoms with Crippen LogP contribution in [-0.2, 0) is 0 Å². The first-order valence-electron chi connectivity index (χ1n) is 0.816. The Kier molecular flexibility index (Phi) is 12.7. The summed E-state index contributed by atoms with van der Waals surface area (Å²) in [5.74, 6) is 0. The summed E-state index contributed by atoms with van der Waals surface area (Å²) in [6.45, 7) is 0. The topological polar surface area (TPSA) is 92.2 Å². The Hall–Kier alpha value is 1.51. The van der Waals surface area contributed by atoms with Gasteiger partial charge < -0.3 is 28.2 Å². The Balaban J connectivity index is -0.0000000800. The van der Waals surface area contributed by atoms with E-state index in [1.54, 1.807) is 0 Å². The van der Waals surface area contributed by atoms with Crippen LogP contribution in [0.5, 0.6) is 0 Å². The normalized spacial score (nSPS) is 8.57. The van der Waals surface area contributed by atoms with E-state index in [4.69, 9.17) is 19.2 Å². The summed E-state index contributed by atoms with van der Waals surface area (Å²) >= 11 is 0. The minimum absolute atomic E-state index is 0. The fraction of sp³-hybridized carbons (Fsp3) is 0. The molecule has 0 amide bonds. The third-order valence-electron chi connectivity index (χ3n) is 0. The van der Waals surface area contributed by atoms with E-state index >= 15 is 0 Å². The van der Waals surface area contributed by atoms with E-state index in [0.717, 1.165) is 0 Å². The third-order valence-corrected chi connectivity index (χ3v) is 0. The zero-order chi connectivity index (χ0) is 4.50. The molecule has 0 aliphatic heterocycles. The molecule has 0 spiro atoms. The molecular formula is AlO4PbSi+. The van der Waals surface area contributed by atoms with Crippen LogP contribution in [-0.4, -0.2) is 53.7 Å². The summed E-state index contributed by atoms with van der Waals surface area (Å²) in [5, 5.41) is 0. The second kappa shape index (κ2) is 5.64. The molecule has 0 aliphatic carbocycles. The van der Waals surface area contributed by atoms with Gasteiger partial charge in [0.05, 0.1) is 0 Å². The van der Waals surface area contributed by atoms with Crippen molar-refractivity contribution in [3.05, 3.63) is 0 Å². The molecule has 0 aromatic carbocycles. The van der Waals surface area contributed by atoms with Crippen LogP contribution in [0.15, 0.2) is 0 Å². The maximum absolute atomic E-state index is 8.58. The Bertz CT molecular complexity index is 27.2. The van der Waals surface area contributed by atoms with Crippen LogP contribution in [0, 0.1) is 0 Å². The Labute approximate surface area is 72.6 Å². The largest absolute Gasteiger partial charge is 3.00 e. The maximum Gasteiger partial charge on any atom is 3.00 e. The summed E-state index contributed by atoms with van der Waals surface area (Å²) in [6, 6.07) is 0. The van der Waals surface area contributed by atoms with Gasteiger partial charge in [0.15, 0.2) is 0 Å². The SMILES string of the molecule is [Al+3].[O-][Si]([O-])([O-])[O-].[Pb+2]. The van der Waals surface area contributed by atoms with Crippen molar-refractivity contribution in [2.24, 2.45) is 0 Å². The van der Waals surface area contributed by atoms with Gasteiger partial charge in [0.1, 0.15) is 0 Å². The molecule has 0 heterocycles. The summed E-state index contributed by atoms with van der Waals surface area (Å²) in [7, 11) is -5.61. The Morgan fingerprint density at radius 2 is 0.857 bits per heavy atom. The fourth-order valence-electron chi connectivity index (χ4n) is 0. The molecule has 34 valence electrons. The molecule has 0 bridgehead atoms. The van der Waals surface area contributed by atoms with Crippen molar-refractivity contribution in [2.75, 3.05) is 0 Å². The van der Waals surface area contributed by atoms with Gasteiger partial charge in [0.2, 0.25) is 0 Å². The molecule has 0 fully saturated rings. The molecule has 0 unspecified atom stereocenters. The molecule has 7 heteroatoms. The zero-order valence-corrected chi connectivity index (χ0v) is 9.25. The minimum atomic E-state index is -5.61. The molecule has 0 atom stereocenters. The van der Waals surface area contributed by atoms with E-state index in [1.165, 1.54) is 0 Å². The first-order valence-corrected chi connectivity index (χ1v) is 2.45. The number of hydrogen-bond acceptors (Lipinski definition) is 4. The molecule has 7 heavy (non-hydrogen) atoms. The Morgan fingerprint density at radius 3 is 0.857 bits per heavy atom. The van der Waals surface area contributed by atoms with Crippen LogP contribution in [0.25, 0.3) is 0 Å². The molecule has 4 nitrogen and oxygen atoms in total. The van der Waals surface area contributed by atoms with Crippen LogP contribution >= 0.6 is 0 Å². The molecular weight excluding hydrogens is 326 g/mol.